The fourth-order valence-corrected chi connectivity index (χ4v) is 2.32. The molecule has 3 aromatic rings. The van der Waals surface area contributed by atoms with Crippen LogP contribution in [0.25, 0.3) is 5.69 Å². The Morgan fingerprint density at radius 3 is 2.59 bits per heavy atom. The Morgan fingerprint density at radius 1 is 1.14 bits per heavy atom. The highest BCUT2D eigenvalue weighted by Gasteiger charge is 2.18. The van der Waals surface area contributed by atoms with E-state index in [1.165, 1.54) is 0 Å². The lowest BCUT2D eigenvalue weighted by Gasteiger charge is -2.09. The van der Waals surface area contributed by atoms with E-state index in [0.29, 0.717) is 27.9 Å². The molecular formula is C17H13ClN2O2. The van der Waals surface area contributed by atoms with E-state index in [0.717, 1.165) is 12.0 Å². The van der Waals surface area contributed by atoms with Crippen LogP contribution in [0.5, 0.6) is 11.6 Å². The van der Waals surface area contributed by atoms with Gasteiger partial charge in [-0.1, -0.05) is 35.9 Å². The van der Waals surface area contributed by atoms with Crippen LogP contribution >= 0.6 is 11.6 Å². The minimum absolute atomic E-state index is 0.376. The Labute approximate surface area is 132 Å². The van der Waals surface area contributed by atoms with Gasteiger partial charge in [0.2, 0.25) is 5.88 Å². The highest BCUT2D eigenvalue weighted by atomic mass is 35.5. The first kappa shape index (κ1) is 14.4. The Bertz CT molecular complexity index is 813. The van der Waals surface area contributed by atoms with Crippen LogP contribution in [-0.4, -0.2) is 16.1 Å². The topological polar surface area (TPSA) is 44.1 Å². The number of carbonyl (C=O) groups is 1. The number of benzene rings is 2. The molecule has 0 aliphatic heterocycles. The Balaban J connectivity index is 2.11. The number of aromatic nitrogens is 2. The molecule has 0 saturated carbocycles. The highest BCUT2D eigenvalue weighted by molar-refractivity contribution is 6.30. The molecule has 1 aromatic heterocycles. The van der Waals surface area contributed by atoms with Crippen molar-refractivity contribution in [3.63, 3.8) is 0 Å². The summed E-state index contributed by atoms with van der Waals surface area (Å²) in [5.41, 5.74) is 1.84. The normalized spacial score (nSPS) is 10.5. The molecule has 0 fully saturated rings. The van der Waals surface area contributed by atoms with Gasteiger partial charge < -0.3 is 4.74 Å². The van der Waals surface area contributed by atoms with Gasteiger partial charge in [-0.3, -0.25) is 4.79 Å². The van der Waals surface area contributed by atoms with Crippen molar-refractivity contribution in [1.82, 2.24) is 9.78 Å². The summed E-state index contributed by atoms with van der Waals surface area (Å²) < 4.78 is 7.48. The first-order chi connectivity index (χ1) is 10.7. The van der Waals surface area contributed by atoms with Crippen LogP contribution in [0, 0.1) is 6.92 Å². The summed E-state index contributed by atoms with van der Waals surface area (Å²) in [6.07, 6.45) is 0.752. The van der Waals surface area contributed by atoms with Crippen LogP contribution in [0.4, 0.5) is 0 Å². The number of rotatable bonds is 4. The average molecular weight is 313 g/mol. The van der Waals surface area contributed by atoms with E-state index in [1.807, 2.05) is 30.3 Å². The van der Waals surface area contributed by atoms with Crippen LogP contribution in [-0.2, 0) is 0 Å². The maximum atomic E-state index is 11.4. The van der Waals surface area contributed by atoms with E-state index in [2.05, 4.69) is 5.10 Å². The standard InChI is InChI=1S/C17H13ClN2O2/c1-12-16(11-21)17(22-15-9-5-6-13(18)10-15)20(19-12)14-7-3-2-4-8-14/h2-11H,1H3. The average Bonchev–Trinajstić information content (AvgIpc) is 2.84. The summed E-state index contributed by atoms with van der Waals surface area (Å²) in [5.74, 6) is 0.925. The van der Waals surface area contributed by atoms with E-state index in [-0.39, 0.29) is 0 Å². The van der Waals surface area contributed by atoms with Crippen LogP contribution in [0.2, 0.25) is 5.02 Å². The van der Waals surface area contributed by atoms with Crippen molar-refractivity contribution >= 4 is 17.9 Å². The molecule has 110 valence electrons. The predicted octanol–water partition coefficient (Wildman–Crippen LogP) is 4.44. The third kappa shape index (κ3) is 2.73. The highest BCUT2D eigenvalue weighted by Crippen LogP contribution is 2.30. The molecule has 22 heavy (non-hydrogen) atoms. The van der Waals surface area contributed by atoms with Crippen molar-refractivity contribution in [2.75, 3.05) is 0 Å². The van der Waals surface area contributed by atoms with Gasteiger partial charge in [-0.2, -0.15) is 9.78 Å². The molecule has 3 rings (SSSR count). The summed E-state index contributed by atoms with van der Waals surface area (Å²) in [5, 5.41) is 4.96. The van der Waals surface area contributed by atoms with Gasteiger partial charge in [0, 0.05) is 5.02 Å². The Morgan fingerprint density at radius 2 is 1.91 bits per heavy atom. The smallest absolute Gasteiger partial charge is 0.233 e. The monoisotopic (exact) mass is 312 g/mol. The van der Waals surface area contributed by atoms with E-state index >= 15 is 0 Å². The second-order valence-electron chi connectivity index (χ2n) is 4.73. The zero-order valence-electron chi connectivity index (χ0n) is 11.9. The lowest BCUT2D eigenvalue weighted by atomic mass is 10.2. The third-order valence-electron chi connectivity index (χ3n) is 3.19. The van der Waals surface area contributed by atoms with Gasteiger partial charge in [-0.25, -0.2) is 0 Å². The van der Waals surface area contributed by atoms with Crippen molar-refractivity contribution < 1.29 is 9.53 Å². The number of para-hydroxylation sites is 1. The number of aryl methyl sites for hydroxylation is 1. The van der Waals surface area contributed by atoms with Crippen LogP contribution in [0.3, 0.4) is 0 Å². The number of nitrogens with zero attached hydrogens (tertiary/aromatic N) is 2. The van der Waals surface area contributed by atoms with Gasteiger partial charge in [-0.15, -0.1) is 0 Å². The number of aldehydes is 1. The molecule has 0 aliphatic rings. The van der Waals surface area contributed by atoms with Gasteiger partial charge in [0.15, 0.2) is 6.29 Å². The molecule has 1 heterocycles. The molecule has 2 aromatic carbocycles. The summed E-state index contributed by atoms with van der Waals surface area (Å²) >= 11 is 5.97. The lowest BCUT2D eigenvalue weighted by Crippen LogP contribution is -2.00. The number of carbonyl (C=O) groups excluding carboxylic acids is 1. The first-order valence-electron chi connectivity index (χ1n) is 6.72. The van der Waals surface area contributed by atoms with Crippen molar-refractivity contribution in [3.05, 3.63) is 70.9 Å². The molecule has 0 atom stereocenters. The van der Waals surface area contributed by atoms with Crippen molar-refractivity contribution in [2.45, 2.75) is 6.92 Å². The number of halogens is 1. The minimum Gasteiger partial charge on any atom is -0.438 e. The van der Waals surface area contributed by atoms with Crippen LogP contribution < -0.4 is 4.74 Å². The summed E-state index contributed by atoms with van der Waals surface area (Å²) in [6, 6.07) is 16.5. The van der Waals surface area contributed by atoms with Crippen molar-refractivity contribution in [3.8, 4) is 17.3 Å². The number of hydrogen-bond acceptors (Lipinski definition) is 3. The number of ether oxygens (including phenoxy) is 1. The lowest BCUT2D eigenvalue weighted by molar-refractivity contribution is 0.112. The molecule has 0 bridgehead atoms. The molecule has 0 unspecified atom stereocenters. The van der Waals surface area contributed by atoms with Gasteiger partial charge >= 0.3 is 0 Å². The van der Waals surface area contributed by atoms with E-state index in [9.17, 15) is 4.79 Å². The fourth-order valence-electron chi connectivity index (χ4n) is 2.14. The Hall–Kier alpha value is -2.59. The molecule has 0 saturated heterocycles. The zero-order chi connectivity index (χ0) is 15.5. The summed E-state index contributed by atoms with van der Waals surface area (Å²) in [6.45, 7) is 1.77. The molecule has 0 N–H and O–H groups in total. The van der Waals surface area contributed by atoms with E-state index in [4.69, 9.17) is 16.3 Å². The maximum absolute atomic E-state index is 11.4. The predicted molar refractivity (Wildman–Crippen MR) is 85.2 cm³/mol. The van der Waals surface area contributed by atoms with Crippen molar-refractivity contribution in [1.29, 1.82) is 0 Å². The second-order valence-corrected chi connectivity index (χ2v) is 5.17. The Kier molecular flexibility index (Phi) is 3.94. The largest absolute Gasteiger partial charge is 0.438 e. The summed E-state index contributed by atoms with van der Waals surface area (Å²) in [7, 11) is 0. The molecule has 0 spiro atoms. The second kappa shape index (κ2) is 6.03. The van der Waals surface area contributed by atoms with Gasteiger partial charge in [0.25, 0.3) is 0 Å². The molecule has 4 nitrogen and oxygen atoms in total. The quantitative estimate of drug-likeness (QED) is 0.669. The van der Waals surface area contributed by atoms with Crippen LogP contribution in [0.15, 0.2) is 54.6 Å². The van der Waals surface area contributed by atoms with E-state index < -0.39 is 0 Å². The third-order valence-corrected chi connectivity index (χ3v) is 3.43. The van der Waals surface area contributed by atoms with Crippen molar-refractivity contribution in [2.24, 2.45) is 0 Å². The maximum Gasteiger partial charge on any atom is 0.233 e. The zero-order valence-corrected chi connectivity index (χ0v) is 12.6. The van der Waals surface area contributed by atoms with Gasteiger partial charge in [-0.05, 0) is 37.3 Å². The van der Waals surface area contributed by atoms with E-state index in [1.54, 1.807) is 35.9 Å². The molecule has 0 aliphatic carbocycles. The molecular weight excluding hydrogens is 300 g/mol. The van der Waals surface area contributed by atoms with Crippen LogP contribution in [0.1, 0.15) is 16.1 Å². The molecule has 0 radical (unpaired) electrons. The number of hydrogen-bond donors (Lipinski definition) is 0. The van der Waals surface area contributed by atoms with Gasteiger partial charge in [0.1, 0.15) is 5.75 Å². The first-order valence-corrected chi connectivity index (χ1v) is 7.10. The minimum atomic E-state index is 0.376. The fraction of sp³-hybridized carbons (Fsp3) is 0.0588. The van der Waals surface area contributed by atoms with Gasteiger partial charge in [0.05, 0.1) is 16.9 Å². The molecule has 0 amide bonds. The molecule has 5 heteroatoms. The summed E-state index contributed by atoms with van der Waals surface area (Å²) in [4.78, 5) is 11.4. The SMILES string of the molecule is Cc1nn(-c2ccccc2)c(Oc2cccc(Cl)c2)c1C=O.